The molecule has 114 valence electrons. The topological polar surface area (TPSA) is 38.8 Å². The minimum atomic E-state index is 0.0248. The van der Waals surface area contributed by atoms with Crippen LogP contribution >= 0.6 is 0 Å². The number of fused-ring (bicyclic) bond motifs is 1. The van der Waals surface area contributed by atoms with Gasteiger partial charge in [0.15, 0.2) is 11.5 Å². The van der Waals surface area contributed by atoms with Crippen LogP contribution in [0.4, 0.5) is 0 Å². The van der Waals surface area contributed by atoms with Crippen molar-refractivity contribution >= 4 is 5.91 Å². The smallest absolute Gasteiger partial charge is 0.253 e. The van der Waals surface area contributed by atoms with Crippen LogP contribution in [0.25, 0.3) is 0 Å². The average Bonchev–Trinajstić information content (AvgIpc) is 3.03. The van der Waals surface area contributed by atoms with Crippen molar-refractivity contribution in [2.45, 2.75) is 13.3 Å². The minimum Gasteiger partial charge on any atom is -0.454 e. The van der Waals surface area contributed by atoms with Gasteiger partial charge in [0.2, 0.25) is 6.79 Å². The molecule has 0 N–H and O–H groups in total. The lowest BCUT2D eigenvalue weighted by Gasteiger charge is -2.21. The third-order valence-corrected chi connectivity index (χ3v) is 3.80. The Bertz CT molecular complexity index is 655. The molecule has 1 amide bonds. The number of amides is 1. The number of carbonyl (C=O) groups is 1. The number of hydrogen-bond donors (Lipinski definition) is 0. The third-order valence-electron chi connectivity index (χ3n) is 3.80. The van der Waals surface area contributed by atoms with Crippen LogP contribution in [0.3, 0.4) is 0 Å². The van der Waals surface area contributed by atoms with Crippen LogP contribution in [0.5, 0.6) is 11.5 Å². The summed E-state index contributed by atoms with van der Waals surface area (Å²) in [6.45, 7) is 3.60. The molecule has 3 rings (SSSR count). The van der Waals surface area contributed by atoms with Crippen molar-refractivity contribution in [3.63, 3.8) is 0 Å². The number of carbonyl (C=O) groups excluding carboxylic acids is 1. The van der Waals surface area contributed by atoms with Crippen LogP contribution in [0, 0.1) is 0 Å². The summed E-state index contributed by atoms with van der Waals surface area (Å²) >= 11 is 0. The molecule has 1 heterocycles. The first-order valence-electron chi connectivity index (χ1n) is 7.51. The van der Waals surface area contributed by atoms with Gasteiger partial charge in [-0.15, -0.1) is 0 Å². The minimum absolute atomic E-state index is 0.0248. The van der Waals surface area contributed by atoms with E-state index in [1.54, 1.807) is 18.2 Å². The summed E-state index contributed by atoms with van der Waals surface area (Å²) in [7, 11) is 0. The molecule has 1 aliphatic rings. The molecule has 4 nitrogen and oxygen atoms in total. The lowest BCUT2D eigenvalue weighted by Crippen LogP contribution is -2.32. The van der Waals surface area contributed by atoms with Crippen molar-refractivity contribution in [1.82, 2.24) is 4.90 Å². The fourth-order valence-corrected chi connectivity index (χ4v) is 2.52. The van der Waals surface area contributed by atoms with E-state index in [0.717, 1.165) is 6.42 Å². The van der Waals surface area contributed by atoms with Crippen LogP contribution in [-0.2, 0) is 6.42 Å². The van der Waals surface area contributed by atoms with Crippen molar-refractivity contribution in [1.29, 1.82) is 0 Å². The van der Waals surface area contributed by atoms with E-state index < -0.39 is 0 Å². The van der Waals surface area contributed by atoms with E-state index in [9.17, 15) is 4.79 Å². The first-order chi connectivity index (χ1) is 10.8. The van der Waals surface area contributed by atoms with Crippen molar-refractivity contribution in [3.8, 4) is 11.5 Å². The molecule has 0 aliphatic carbocycles. The maximum atomic E-state index is 12.6. The zero-order valence-electron chi connectivity index (χ0n) is 12.6. The summed E-state index contributed by atoms with van der Waals surface area (Å²) in [5.74, 6) is 1.37. The second kappa shape index (κ2) is 6.52. The van der Waals surface area contributed by atoms with Crippen LogP contribution in [0.1, 0.15) is 22.8 Å². The summed E-state index contributed by atoms with van der Waals surface area (Å²) in [4.78, 5) is 14.5. The molecule has 0 saturated heterocycles. The second-order valence-electron chi connectivity index (χ2n) is 5.19. The normalized spacial score (nSPS) is 12.2. The number of ether oxygens (including phenoxy) is 2. The van der Waals surface area contributed by atoms with E-state index in [2.05, 4.69) is 12.1 Å². The molecule has 0 saturated carbocycles. The van der Waals surface area contributed by atoms with E-state index in [-0.39, 0.29) is 12.7 Å². The Morgan fingerprint density at radius 1 is 1.09 bits per heavy atom. The first-order valence-corrected chi connectivity index (χ1v) is 7.51. The predicted octanol–water partition coefficient (Wildman–Crippen LogP) is 3.12. The molecular weight excluding hydrogens is 278 g/mol. The molecule has 2 aromatic rings. The van der Waals surface area contributed by atoms with Crippen molar-refractivity contribution in [2.24, 2.45) is 0 Å². The maximum absolute atomic E-state index is 12.6. The summed E-state index contributed by atoms with van der Waals surface area (Å²) < 4.78 is 10.6. The fraction of sp³-hybridized carbons (Fsp3) is 0.278. The highest BCUT2D eigenvalue weighted by Gasteiger charge is 2.19. The van der Waals surface area contributed by atoms with E-state index in [4.69, 9.17) is 9.47 Å². The predicted molar refractivity (Wildman–Crippen MR) is 84.3 cm³/mol. The zero-order valence-corrected chi connectivity index (χ0v) is 12.6. The molecule has 0 fully saturated rings. The van der Waals surface area contributed by atoms with Crippen LogP contribution < -0.4 is 9.47 Å². The van der Waals surface area contributed by atoms with Gasteiger partial charge in [0.05, 0.1) is 0 Å². The zero-order chi connectivity index (χ0) is 15.4. The lowest BCUT2D eigenvalue weighted by atomic mass is 10.1. The molecule has 0 unspecified atom stereocenters. The Morgan fingerprint density at radius 3 is 2.64 bits per heavy atom. The van der Waals surface area contributed by atoms with Gasteiger partial charge in [0, 0.05) is 18.7 Å². The molecule has 0 radical (unpaired) electrons. The van der Waals surface area contributed by atoms with Gasteiger partial charge in [-0.1, -0.05) is 30.3 Å². The summed E-state index contributed by atoms with van der Waals surface area (Å²) in [6, 6.07) is 15.5. The monoisotopic (exact) mass is 297 g/mol. The Morgan fingerprint density at radius 2 is 1.86 bits per heavy atom. The van der Waals surface area contributed by atoms with E-state index in [1.807, 2.05) is 30.0 Å². The number of likely N-dealkylation sites (N-methyl/N-ethyl adjacent to an activating group) is 1. The number of hydrogen-bond acceptors (Lipinski definition) is 3. The molecule has 2 aromatic carbocycles. The largest absolute Gasteiger partial charge is 0.454 e. The highest BCUT2D eigenvalue weighted by Crippen LogP contribution is 2.32. The average molecular weight is 297 g/mol. The maximum Gasteiger partial charge on any atom is 0.253 e. The molecular formula is C18H19NO3. The summed E-state index contributed by atoms with van der Waals surface area (Å²) in [6.07, 6.45) is 0.852. The second-order valence-corrected chi connectivity index (χ2v) is 5.19. The highest BCUT2D eigenvalue weighted by molar-refractivity contribution is 5.95. The molecule has 1 aliphatic heterocycles. The van der Waals surface area contributed by atoms with Gasteiger partial charge in [-0.25, -0.2) is 0 Å². The standard InChI is InChI=1S/C18H19NO3/c1-2-19(11-10-14-6-4-3-5-7-14)18(20)15-8-9-16-17(12-15)22-13-21-16/h3-9,12H,2,10-11,13H2,1H3. The first kappa shape index (κ1) is 14.4. The number of rotatable bonds is 5. The molecule has 4 heteroatoms. The van der Waals surface area contributed by atoms with Gasteiger partial charge >= 0.3 is 0 Å². The van der Waals surface area contributed by atoms with Crippen LogP contribution in [0.2, 0.25) is 0 Å². The number of benzene rings is 2. The summed E-state index contributed by atoms with van der Waals surface area (Å²) in [5, 5.41) is 0. The van der Waals surface area contributed by atoms with Crippen molar-refractivity contribution in [3.05, 3.63) is 59.7 Å². The van der Waals surface area contributed by atoms with Gasteiger partial charge in [-0.3, -0.25) is 4.79 Å². The molecule has 22 heavy (non-hydrogen) atoms. The lowest BCUT2D eigenvalue weighted by molar-refractivity contribution is 0.0766. The van der Waals surface area contributed by atoms with Gasteiger partial charge in [-0.2, -0.15) is 0 Å². The van der Waals surface area contributed by atoms with Crippen LogP contribution in [0.15, 0.2) is 48.5 Å². The Kier molecular flexibility index (Phi) is 4.28. The SMILES string of the molecule is CCN(CCc1ccccc1)C(=O)c1ccc2c(c1)OCO2. The summed E-state index contributed by atoms with van der Waals surface area (Å²) in [5.41, 5.74) is 1.87. The van der Waals surface area contributed by atoms with Crippen molar-refractivity contribution in [2.75, 3.05) is 19.9 Å². The van der Waals surface area contributed by atoms with E-state index in [1.165, 1.54) is 5.56 Å². The Hall–Kier alpha value is -2.49. The third kappa shape index (κ3) is 3.06. The van der Waals surface area contributed by atoms with E-state index >= 15 is 0 Å². The van der Waals surface area contributed by atoms with Gasteiger partial charge < -0.3 is 14.4 Å². The fourth-order valence-electron chi connectivity index (χ4n) is 2.52. The van der Waals surface area contributed by atoms with E-state index in [0.29, 0.717) is 30.2 Å². The van der Waals surface area contributed by atoms with Crippen LogP contribution in [-0.4, -0.2) is 30.7 Å². The highest BCUT2D eigenvalue weighted by atomic mass is 16.7. The van der Waals surface area contributed by atoms with Crippen molar-refractivity contribution < 1.29 is 14.3 Å². The Balaban J connectivity index is 1.69. The number of nitrogens with zero attached hydrogens (tertiary/aromatic N) is 1. The molecule has 0 aromatic heterocycles. The molecule has 0 bridgehead atoms. The molecule has 0 atom stereocenters. The van der Waals surface area contributed by atoms with Gasteiger partial charge in [0.25, 0.3) is 5.91 Å². The quantitative estimate of drug-likeness (QED) is 0.851. The molecule has 0 spiro atoms. The van der Waals surface area contributed by atoms with Gasteiger partial charge in [-0.05, 0) is 37.1 Å². The van der Waals surface area contributed by atoms with Gasteiger partial charge in [0.1, 0.15) is 0 Å². The Labute approximate surface area is 130 Å².